The minimum atomic E-state index is -1.04. The van der Waals surface area contributed by atoms with Crippen LogP contribution in [-0.4, -0.2) is 48.3 Å². The van der Waals surface area contributed by atoms with Crippen molar-refractivity contribution in [2.45, 2.75) is 63.9 Å². The number of ether oxygens (including phenoxy) is 1. The van der Waals surface area contributed by atoms with E-state index in [1.165, 1.54) is 27.7 Å². The normalized spacial score (nSPS) is 10.2. The lowest BCUT2D eigenvalue weighted by Crippen LogP contribution is -2.31. The molecule has 0 aliphatic rings. The second-order valence-electron chi connectivity index (χ2n) is 5.81. The predicted molar refractivity (Wildman–Crippen MR) is 114 cm³/mol. The molecule has 2 N–H and O–H groups in total. The van der Waals surface area contributed by atoms with Crippen LogP contribution in [0, 0.1) is 0 Å². The highest BCUT2D eigenvalue weighted by atomic mass is 32.2. The van der Waals surface area contributed by atoms with Crippen LogP contribution in [0.4, 0.5) is 0 Å². The Morgan fingerprint density at radius 2 is 1.46 bits per heavy atom. The molecule has 0 aromatic heterocycles. The molecule has 6 nitrogen and oxygen atoms in total. The molecule has 0 aromatic carbocycles. The van der Waals surface area contributed by atoms with Crippen molar-refractivity contribution in [1.29, 1.82) is 0 Å². The zero-order valence-electron chi connectivity index (χ0n) is 16.2. The molecule has 0 aliphatic heterocycles. The molecular weight excluding hydrogens is 396 g/mol. The quantitative estimate of drug-likeness (QED) is 0.249. The number of unbranched alkanes of at least 4 members (excludes halogenated alkanes) is 1. The van der Waals surface area contributed by atoms with E-state index >= 15 is 0 Å². The Morgan fingerprint density at radius 3 is 1.69 bits per heavy atom. The molecule has 0 spiro atoms. The highest BCUT2D eigenvalue weighted by Crippen LogP contribution is 2.36. The number of carboxylic acid groups (broad SMARTS) is 2. The van der Waals surface area contributed by atoms with Gasteiger partial charge in [0.1, 0.15) is 13.0 Å². The van der Waals surface area contributed by atoms with Crippen LogP contribution in [0.1, 0.15) is 54.4 Å². The van der Waals surface area contributed by atoms with Crippen molar-refractivity contribution in [3.05, 3.63) is 12.7 Å². The maximum atomic E-state index is 10.8. The molecule has 152 valence electrons. The van der Waals surface area contributed by atoms with Gasteiger partial charge >= 0.3 is 11.9 Å². The molecule has 26 heavy (non-hydrogen) atoms. The van der Waals surface area contributed by atoms with E-state index in [2.05, 4.69) is 11.3 Å². The molecule has 0 heterocycles. The Hall–Kier alpha value is -1.06. The summed E-state index contributed by atoms with van der Waals surface area (Å²) in [4.78, 5) is 31.2. The average molecular weight is 427 g/mol. The lowest BCUT2D eigenvalue weighted by Gasteiger charge is -2.22. The molecule has 0 atom stereocenters. The van der Waals surface area contributed by atoms with E-state index < -0.39 is 21.4 Å². The highest BCUT2D eigenvalue weighted by molar-refractivity contribution is 8.48. The van der Waals surface area contributed by atoms with Crippen molar-refractivity contribution in [1.82, 2.24) is 0 Å². The van der Waals surface area contributed by atoms with Gasteiger partial charge in [-0.2, -0.15) is 0 Å². The van der Waals surface area contributed by atoms with Crippen molar-refractivity contribution >= 4 is 57.7 Å². The fraction of sp³-hybridized carbons (Fsp3) is 0.647. The monoisotopic (exact) mass is 426 g/mol. The standard InChI is InChI=1S/C9H14O4S3.C5H10O2.C3H6/c1-8(2,5(10)11)15-7(14)16-9(3,4)6(12)13;1-2-3-4-7-5-6;1-3-2/h1-4H3,(H,10,11)(H,12,13);5H,2-4H2,1H3;3H,1H2,2H3. The van der Waals surface area contributed by atoms with Crippen molar-refractivity contribution in [2.24, 2.45) is 0 Å². The van der Waals surface area contributed by atoms with Gasteiger partial charge in [-0.15, -0.1) is 6.58 Å². The summed E-state index contributed by atoms with van der Waals surface area (Å²) in [6, 6.07) is 0. The van der Waals surface area contributed by atoms with Crippen molar-refractivity contribution < 1.29 is 29.3 Å². The Balaban J connectivity index is -0.000000438. The first-order valence-electron chi connectivity index (χ1n) is 7.83. The van der Waals surface area contributed by atoms with Gasteiger partial charge in [-0.25, -0.2) is 0 Å². The summed E-state index contributed by atoms with van der Waals surface area (Å²) in [5.74, 6) is -1.96. The maximum Gasteiger partial charge on any atom is 0.319 e. The SMILES string of the molecule is C=CC.CC(C)(SC(=S)SC(C)(C)C(=O)O)C(=O)O.CCCCOC=O. The first-order chi connectivity index (χ1) is 11.8. The van der Waals surface area contributed by atoms with Crippen LogP contribution in [0.15, 0.2) is 12.7 Å². The molecule has 0 unspecified atom stereocenters. The first-order valence-corrected chi connectivity index (χ1v) is 9.87. The number of thiocarbonyl (C=S) groups is 1. The van der Waals surface area contributed by atoms with Crippen LogP contribution in [0.5, 0.6) is 0 Å². The second-order valence-corrected chi connectivity index (χ2v) is 10.3. The minimum absolute atomic E-state index is 0.319. The zero-order valence-corrected chi connectivity index (χ0v) is 18.7. The number of hydrogen-bond donors (Lipinski definition) is 2. The summed E-state index contributed by atoms with van der Waals surface area (Å²) >= 11 is 6.96. The lowest BCUT2D eigenvalue weighted by molar-refractivity contribution is -0.139. The topological polar surface area (TPSA) is 101 Å². The van der Waals surface area contributed by atoms with Crippen LogP contribution in [0.3, 0.4) is 0 Å². The number of rotatable bonds is 8. The van der Waals surface area contributed by atoms with Crippen LogP contribution in [0.2, 0.25) is 0 Å². The van der Waals surface area contributed by atoms with E-state index in [9.17, 15) is 14.4 Å². The van der Waals surface area contributed by atoms with Crippen LogP contribution in [0.25, 0.3) is 0 Å². The van der Waals surface area contributed by atoms with E-state index in [0.717, 1.165) is 36.4 Å². The van der Waals surface area contributed by atoms with E-state index in [0.29, 0.717) is 16.6 Å². The summed E-state index contributed by atoms with van der Waals surface area (Å²) < 4.78 is 2.63. The number of aliphatic carboxylic acids is 2. The predicted octanol–water partition coefficient (Wildman–Crippen LogP) is 4.62. The van der Waals surface area contributed by atoms with E-state index in [1.54, 1.807) is 6.08 Å². The smallest absolute Gasteiger partial charge is 0.319 e. The summed E-state index contributed by atoms with van der Waals surface area (Å²) in [6.45, 7) is 14.5. The number of allylic oxidation sites excluding steroid dienone is 1. The molecule has 0 aliphatic carbocycles. The summed E-state index contributed by atoms with van der Waals surface area (Å²) in [6.07, 6.45) is 3.80. The minimum Gasteiger partial charge on any atom is -0.480 e. The molecule has 0 amide bonds. The number of thioether (sulfide) groups is 2. The zero-order chi connectivity index (χ0) is 21.4. The Morgan fingerprint density at radius 1 is 1.12 bits per heavy atom. The molecule has 0 aromatic rings. The number of carbonyl (C=O) groups excluding carboxylic acids is 1. The Labute approximate surface area is 170 Å². The third-order valence-electron chi connectivity index (χ3n) is 2.39. The molecule has 0 saturated heterocycles. The summed E-state index contributed by atoms with van der Waals surface area (Å²) in [5.41, 5.74) is 0. The molecular formula is C17H30O6S3. The van der Waals surface area contributed by atoms with Crippen LogP contribution < -0.4 is 0 Å². The highest BCUT2D eigenvalue weighted by Gasteiger charge is 2.34. The van der Waals surface area contributed by atoms with Crippen molar-refractivity contribution in [3.8, 4) is 0 Å². The van der Waals surface area contributed by atoms with E-state index in [1.807, 2.05) is 13.8 Å². The third kappa shape index (κ3) is 17.8. The fourth-order valence-electron chi connectivity index (χ4n) is 0.801. The van der Waals surface area contributed by atoms with Gasteiger partial charge < -0.3 is 14.9 Å². The molecule has 0 radical (unpaired) electrons. The fourth-order valence-corrected chi connectivity index (χ4v) is 4.48. The Kier molecular flexibility index (Phi) is 18.4. The lowest BCUT2D eigenvalue weighted by atomic mass is 10.2. The third-order valence-corrected chi connectivity index (χ3v) is 5.09. The van der Waals surface area contributed by atoms with Crippen molar-refractivity contribution in [2.75, 3.05) is 6.61 Å². The molecule has 0 rings (SSSR count). The number of hydrogen-bond acceptors (Lipinski definition) is 7. The van der Waals surface area contributed by atoms with Gasteiger partial charge in [0.05, 0.1) is 6.61 Å². The largest absolute Gasteiger partial charge is 0.480 e. The summed E-state index contributed by atoms with van der Waals surface area (Å²) in [5, 5.41) is 17.8. The van der Waals surface area contributed by atoms with Gasteiger partial charge in [0.2, 0.25) is 0 Å². The molecule has 0 fully saturated rings. The average Bonchev–Trinajstić information content (AvgIpc) is 2.47. The van der Waals surface area contributed by atoms with Gasteiger partial charge in [0.15, 0.2) is 0 Å². The van der Waals surface area contributed by atoms with E-state index in [4.69, 9.17) is 22.4 Å². The summed E-state index contributed by atoms with van der Waals surface area (Å²) in [7, 11) is 0. The molecule has 0 bridgehead atoms. The Bertz CT molecular complexity index is 431. The molecule has 9 heteroatoms. The number of carboxylic acids is 2. The van der Waals surface area contributed by atoms with Gasteiger partial charge in [-0.3, -0.25) is 14.4 Å². The second kappa shape index (κ2) is 16.1. The van der Waals surface area contributed by atoms with Crippen LogP contribution >= 0.6 is 35.7 Å². The van der Waals surface area contributed by atoms with Gasteiger partial charge in [0.25, 0.3) is 6.47 Å². The molecule has 0 saturated carbocycles. The van der Waals surface area contributed by atoms with Gasteiger partial charge in [-0.05, 0) is 41.0 Å². The number of carbonyl (C=O) groups is 3. The van der Waals surface area contributed by atoms with Crippen molar-refractivity contribution in [3.63, 3.8) is 0 Å². The first kappa shape index (κ1) is 29.7. The maximum absolute atomic E-state index is 10.8. The van der Waals surface area contributed by atoms with Crippen LogP contribution in [-0.2, 0) is 19.1 Å². The van der Waals surface area contributed by atoms with Gasteiger partial charge in [0, 0.05) is 0 Å². The van der Waals surface area contributed by atoms with E-state index in [-0.39, 0.29) is 0 Å². The van der Waals surface area contributed by atoms with Gasteiger partial charge in [-0.1, -0.05) is 55.2 Å².